The van der Waals surface area contributed by atoms with Crippen LogP contribution < -0.4 is 9.47 Å². The monoisotopic (exact) mass is 370 g/mol. The maximum atomic E-state index is 13.1. The fourth-order valence-electron chi connectivity index (χ4n) is 3.03. The maximum absolute atomic E-state index is 13.1. The Hall–Kier alpha value is -2.00. The smallest absolute Gasteiger partial charge is 0.409 e. The normalized spacial score (nSPS) is 18.6. The molecule has 2 aliphatic heterocycles. The van der Waals surface area contributed by atoms with Crippen molar-refractivity contribution in [1.82, 2.24) is 9.21 Å². The van der Waals surface area contributed by atoms with Gasteiger partial charge in [-0.3, -0.25) is 0 Å². The number of aryl methyl sites for hydroxylation is 1. The third-order valence-electron chi connectivity index (χ3n) is 4.35. The predicted molar refractivity (Wildman–Crippen MR) is 89.5 cm³/mol. The van der Waals surface area contributed by atoms with Gasteiger partial charge in [0.25, 0.3) is 0 Å². The summed E-state index contributed by atoms with van der Waals surface area (Å²) in [5.41, 5.74) is 0.610. The van der Waals surface area contributed by atoms with Gasteiger partial charge >= 0.3 is 6.09 Å². The number of nitrogens with zero attached hydrogens (tertiary/aromatic N) is 2. The molecule has 0 aromatic heterocycles. The molecule has 0 N–H and O–H groups in total. The molecule has 0 aliphatic carbocycles. The molecule has 3 rings (SSSR count). The number of benzene rings is 1. The van der Waals surface area contributed by atoms with Crippen molar-refractivity contribution in [1.29, 1.82) is 0 Å². The topological polar surface area (TPSA) is 85.4 Å². The Morgan fingerprint density at radius 3 is 2.44 bits per heavy atom. The third-order valence-corrected chi connectivity index (χ3v) is 6.39. The first kappa shape index (κ1) is 17.8. The van der Waals surface area contributed by atoms with Crippen molar-refractivity contribution in [3.63, 3.8) is 0 Å². The van der Waals surface area contributed by atoms with Crippen LogP contribution in [0.15, 0.2) is 17.0 Å². The summed E-state index contributed by atoms with van der Waals surface area (Å²) in [6.45, 7) is 3.94. The highest BCUT2D eigenvalue weighted by Gasteiger charge is 2.31. The number of sulfonamides is 1. The van der Waals surface area contributed by atoms with Crippen LogP contribution in [-0.4, -0.2) is 70.2 Å². The van der Waals surface area contributed by atoms with E-state index >= 15 is 0 Å². The van der Waals surface area contributed by atoms with E-state index in [-0.39, 0.29) is 11.4 Å². The van der Waals surface area contributed by atoms with Gasteiger partial charge < -0.3 is 19.1 Å². The lowest BCUT2D eigenvalue weighted by Gasteiger charge is -2.24. The Morgan fingerprint density at radius 1 is 1.08 bits per heavy atom. The summed E-state index contributed by atoms with van der Waals surface area (Å²) >= 11 is 0. The summed E-state index contributed by atoms with van der Waals surface area (Å²) in [6, 6.07) is 3.22. The van der Waals surface area contributed by atoms with Gasteiger partial charge in [0.05, 0.1) is 12.0 Å². The minimum atomic E-state index is -3.69. The zero-order valence-corrected chi connectivity index (χ0v) is 15.2. The van der Waals surface area contributed by atoms with E-state index in [1.165, 1.54) is 22.4 Å². The Labute approximate surface area is 147 Å². The van der Waals surface area contributed by atoms with Gasteiger partial charge in [-0.05, 0) is 25.0 Å². The van der Waals surface area contributed by atoms with Gasteiger partial charge in [-0.25, -0.2) is 13.2 Å². The van der Waals surface area contributed by atoms with Crippen LogP contribution in [0.1, 0.15) is 12.0 Å². The van der Waals surface area contributed by atoms with Gasteiger partial charge in [0, 0.05) is 32.2 Å². The van der Waals surface area contributed by atoms with E-state index in [0.29, 0.717) is 56.3 Å². The Bertz CT molecular complexity index is 764. The van der Waals surface area contributed by atoms with Crippen LogP contribution in [0.2, 0.25) is 0 Å². The quantitative estimate of drug-likeness (QED) is 0.778. The molecule has 2 heterocycles. The third kappa shape index (κ3) is 3.52. The van der Waals surface area contributed by atoms with Crippen molar-refractivity contribution in [2.75, 3.05) is 46.5 Å². The molecule has 138 valence electrons. The minimum Gasteiger partial charge on any atom is -0.486 e. The second-order valence-electron chi connectivity index (χ2n) is 5.98. The number of amides is 1. The molecular weight excluding hydrogens is 348 g/mol. The van der Waals surface area contributed by atoms with E-state index in [0.717, 1.165) is 0 Å². The van der Waals surface area contributed by atoms with Gasteiger partial charge in [-0.1, -0.05) is 0 Å². The van der Waals surface area contributed by atoms with Crippen LogP contribution in [0.4, 0.5) is 4.79 Å². The molecule has 0 radical (unpaired) electrons. The minimum absolute atomic E-state index is 0.211. The van der Waals surface area contributed by atoms with Gasteiger partial charge in [0.15, 0.2) is 11.5 Å². The Balaban J connectivity index is 1.85. The van der Waals surface area contributed by atoms with Crippen molar-refractivity contribution < 1.29 is 27.4 Å². The molecule has 1 aromatic rings. The molecule has 0 saturated carbocycles. The molecular formula is C16H22N2O6S. The first-order valence-corrected chi connectivity index (χ1v) is 9.61. The van der Waals surface area contributed by atoms with Crippen LogP contribution in [0, 0.1) is 6.92 Å². The number of fused-ring (bicyclic) bond motifs is 1. The summed E-state index contributed by atoms with van der Waals surface area (Å²) in [5.74, 6) is 1.01. The number of rotatable bonds is 2. The highest BCUT2D eigenvalue weighted by atomic mass is 32.2. The van der Waals surface area contributed by atoms with E-state index in [9.17, 15) is 13.2 Å². The average Bonchev–Trinajstić information content (AvgIpc) is 2.87. The maximum Gasteiger partial charge on any atom is 0.409 e. The molecule has 0 bridgehead atoms. The summed E-state index contributed by atoms with van der Waals surface area (Å²) in [5, 5.41) is 0. The van der Waals surface area contributed by atoms with Crippen molar-refractivity contribution in [2.45, 2.75) is 18.2 Å². The number of ether oxygens (including phenoxy) is 3. The lowest BCUT2D eigenvalue weighted by molar-refractivity contribution is 0.126. The van der Waals surface area contributed by atoms with Crippen LogP contribution in [0.5, 0.6) is 11.5 Å². The molecule has 0 atom stereocenters. The van der Waals surface area contributed by atoms with E-state index in [4.69, 9.17) is 14.2 Å². The largest absolute Gasteiger partial charge is 0.486 e. The first-order valence-electron chi connectivity index (χ1n) is 8.17. The summed E-state index contributed by atoms with van der Waals surface area (Å²) < 4.78 is 43.3. The van der Waals surface area contributed by atoms with Crippen LogP contribution in [0.25, 0.3) is 0 Å². The standard InChI is InChI=1S/C16H22N2O6S/c1-12-10-13-14(24-9-8-23-13)11-15(12)25(20,21)18-5-3-4-17(6-7-18)16(19)22-2/h10-11H,3-9H2,1-2H3. The molecule has 25 heavy (non-hydrogen) atoms. The van der Waals surface area contributed by atoms with E-state index in [1.807, 2.05) is 0 Å². The number of carbonyl (C=O) groups excluding carboxylic acids is 1. The summed E-state index contributed by atoms with van der Waals surface area (Å²) in [6.07, 6.45) is 0.118. The predicted octanol–water partition coefficient (Wildman–Crippen LogP) is 1.23. The van der Waals surface area contributed by atoms with Crippen molar-refractivity contribution in [2.24, 2.45) is 0 Å². The first-order chi connectivity index (χ1) is 11.9. The zero-order chi connectivity index (χ0) is 18.0. The number of hydrogen-bond acceptors (Lipinski definition) is 6. The molecule has 1 saturated heterocycles. The fraction of sp³-hybridized carbons (Fsp3) is 0.562. The molecule has 1 amide bonds. The second-order valence-corrected chi connectivity index (χ2v) is 7.88. The number of carbonyl (C=O) groups is 1. The summed E-state index contributed by atoms with van der Waals surface area (Å²) in [7, 11) is -2.37. The highest BCUT2D eigenvalue weighted by molar-refractivity contribution is 7.89. The van der Waals surface area contributed by atoms with Gasteiger partial charge in [0.2, 0.25) is 10.0 Å². The van der Waals surface area contributed by atoms with Gasteiger partial charge in [-0.2, -0.15) is 4.31 Å². The highest BCUT2D eigenvalue weighted by Crippen LogP contribution is 2.35. The van der Waals surface area contributed by atoms with Gasteiger partial charge in [0.1, 0.15) is 13.2 Å². The van der Waals surface area contributed by atoms with Crippen LogP contribution in [0.3, 0.4) is 0 Å². The van der Waals surface area contributed by atoms with Crippen molar-refractivity contribution >= 4 is 16.1 Å². The Morgan fingerprint density at radius 2 is 1.76 bits per heavy atom. The second kappa shape index (κ2) is 7.09. The molecule has 2 aliphatic rings. The van der Waals surface area contributed by atoms with Crippen LogP contribution in [-0.2, 0) is 14.8 Å². The Kier molecular flexibility index (Phi) is 5.05. The molecule has 9 heteroatoms. The SMILES string of the molecule is COC(=O)N1CCCN(S(=O)(=O)c2cc3c(cc2C)OCCO3)CC1. The number of hydrogen-bond donors (Lipinski definition) is 0. The molecule has 1 fully saturated rings. The van der Waals surface area contributed by atoms with Gasteiger partial charge in [-0.15, -0.1) is 0 Å². The summed E-state index contributed by atoms with van der Waals surface area (Å²) in [4.78, 5) is 13.4. The molecule has 1 aromatic carbocycles. The molecule has 8 nitrogen and oxygen atoms in total. The van der Waals surface area contributed by atoms with Crippen molar-refractivity contribution in [3.05, 3.63) is 17.7 Å². The van der Waals surface area contributed by atoms with Crippen molar-refractivity contribution in [3.8, 4) is 11.5 Å². The fourth-order valence-corrected chi connectivity index (χ4v) is 4.73. The average molecular weight is 370 g/mol. The lowest BCUT2D eigenvalue weighted by atomic mass is 10.2. The molecule has 0 spiro atoms. The lowest BCUT2D eigenvalue weighted by Crippen LogP contribution is -2.37. The van der Waals surface area contributed by atoms with E-state index in [1.54, 1.807) is 13.0 Å². The van der Waals surface area contributed by atoms with E-state index < -0.39 is 16.1 Å². The molecule has 0 unspecified atom stereocenters. The van der Waals surface area contributed by atoms with Crippen LogP contribution >= 0.6 is 0 Å². The zero-order valence-electron chi connectivity index (χ0n) is 14.4. The van der Waals surface area contributed by atoms with E-state index in [2.05, 4.69) is 0 Å². The number of methoxy groups -OCH3 is 1.